The second-order valence-corrected chi connectivity index (χ2v) is 4.21. The Labute approximate surface area is 116 Å². The minimum absolute atomic E-state index is 0.487. The molecule has 0 heterocycles. The van der Waals surface area contributed by atoms with Crippen molar-refractivity contribution in [3.63, 3.8) is 0 Å². The van der Waals surface area contributed by atoms with Crippen LogP contribution in [-0.4, -0.2) is 11.6 Å². The quantitative estimate of drug-likeness (QED) is 0.253. The van der Waals surface area contributed by atoms with Crippen molar-refractivity contribution in [1.82, 2.24) is 0 Å². The fourth-order valence-electron chi connectivity index (χ4n) is 1.35. The molecular formula is C17H24O2. The minimum atomic E-state index is -0.489. The summed E-state index contributed by atoms with van der Waals surface area (Å²) in [7, 11) is 0. The molecule has 0 bridgehead atoms. The first-order valence-corrected chi connectivity index (χ1v) is 6.97. The smallest absolute Gasteiger partial charge is 0.225 e. The van der Waals surface area contributed by atoms with Gasteiger partial charge in [0, 0.05) is 0 Å². The molecule has 0 aliphatic heterocycles. The summed E-state index contributed by atoms with van der Waals surface area (Å²) in [6, 6.07) is 0. The van der Waals surface area contributed by atoms with E-state index in [1.54, 1.807) is 18.2 Å². The standard InChI is InChI=1S/C17H24O2/c1-3-5-7-9-10-11-13-15-17(19)16(18)14-12-8-6-4-2/h6,8,10-15H,3-5,7,9H2,1-2H3. The first-order valence-electron chi connectivity index (χ1n) is 6.97. The van der Waals surface area contributed by atoms with E-state index < -0.39 is 11.6 Å². The van der Waals surface area contributed by atoms with Gasteiger partial charge in [0.1, 0.15) is 0 Å². The molecule has 0 saturated heterocycles. The van der Waals surface area contributed by atoms with Crippen LogP contribution in [0.4, 0.5) is 0 Å². The topological polar surface area (TPSA) is 34.1 Å². The van der Waals surface area contributed by atoms with Crippen molar-refractivity contribution in [1.29, 1.82) is 0 Å². The van der Waals surface area contributed by atoms with Gasteiger partial charge in [-0.25, -0.2) is 0 Å². The fraction of sp³-hybridized carbons (Fsp3) is 0.412. The van der Waals surface area contributed by atoms with Crippen molar-refractivity contribution in [2.24, 2.45) is 0 Å². The van der Waals surface area contributed by atoms with Gasteiger partial charge < -0.3 is 0 Å². The van der Waals surface area contributed by atoms with Crippen molar-refractivity contribution < 1.29 is 9.59 Å². The second kappa shape index (κ2) is 12.7. The van der Waals surface area contributed by atoms with Crippen LogP contribution in [0.2, 0.25) is 0 Å². The van der Waals surface area contributed by atoms with Gasteiger partial charge in [0.05, 0.1) is 0 Å². The molecule has 0 aliphatic carbocycles. The van der Waals surface area contributed by atoms with Crippen LogP contribution >= 0.6 is 0 Å². The number of ketones is 2. The highest BCUT2D eigenvalue weighted by molar-refractivity contribution is 6.45. The molecule has 2 nitrogen and oxygen atoms in total. The van der Waals surface area contributed by atoms with Gasteiger partial charge in [0.25, 0.3) is 0 Å². The molecule has 0 radical (unpaired) electrons. The average Bonchev–Trinajstić information content (AvgIpc) is 2.42. The van der Waals surface area contributed by atoms with Gasteiger partial charge in [-0.2, -0.15) is 0 Å². The zero-order valence-corrected chi connectivity index (χ0v) is 12.0. The van der Waals surface area contributed by atoms with Crippen molar-refractivity contribution in [2.45, 2.75) is 46.0 Å². The van der Waals surface area contributed by atoms with Gasteiger partial charge in [0.15, 0.2) is 0 Å². The number of carbonyl (C=O) groups excluding carboxylic acids is 2. The molecule has 0 aromatic carbocycles. The van der Waals surface area contributed by atoms with Crippen molar-refractivity contribution in [2.75, 3.05) is 0 Å². The van der Waals surface area contributed by atoms with E-state index in [9.17, 15) is 9.59 Å². The third kappa shape index (κ3) is 11.1. The molecule has 0 saturated carbocycles. The Morgan fingerprint density at radius 3 is 1.89 bits per heavy atom. The summed E-state index contributed by atoms with van der Waals surface area (Å²) < 4.78 is 0. The van der Waals surface area contributed by atoms with E-state index in [1.165, 1.54) is 31.4 Å². The Morgan fingerprint density at radius 2 is 1.37 bits per heavy atom. The largest absolute Gasteiger partial charge is 0.286 e. The summed E-state index contributed by atoms with van der Waals surface area (Å²) in [4.78, 5) is 22.8. The summed E-state index contributed by atoms with van der Waals surface area (Å²) in [5, 5.41) is 0. The summed E-state index contributed by atoms with van der Waals surface area (Å²) in [5.74, 6) is -0.976. The molecule has 0 aromatic heterocycles. The lowest BCUT2D eigenvalue weighted by Gasteiger charge is -1.89. The molecule has 0 rings (SSSR count). The Morgan fingerprint density at radius 1 is 0.789 bits per heavy atom. The van der Waals surface area contributed by atoms with E-state index >= 15 is 0 Å². The highest BCUT2D eigenvalue weighted by Crippen LogP contribution is 1.99. The molecule has 0 amide bonds. The third-order valence-electron chi connectivity index (χ3n) is 2.44. The molecular weight excluding hydrogens is 236 g/mol. The molecule has 104 valence electrons. The molecule has 2 heteroatoms. The van der Waals surface area contributed by atoms with E-state index in [4.69, 9.17) is 0 Å². The highest BCUT2D eigenvalue weighted by Gasteiger charge is 2.03. The van der Waals surface area contributed by atoms with Gasteiger partial charge in [-0.05, 0) is 31.4 Å². The zero-order valence-electron chi connectivity index (χ0n) is 12.0. The van der Waals surface area contributed by atoms with Gasteiger partial charge in [0.2, 0.25) is 11.6 Å². The van der Waals surface area contributed by atoms with Crippen LogP contribution < -0.4 is 0 Å². The Bertz CT molecular complexity index is 371. The lowest BCUT2D eigenvalue weighted by molar-refractivity contribution is -0.130. The van der Waals surface area contributed by atoms with Crippen LogP contribution in [0.15, 0.2) is 48.6 Å². The van der Waals surface area contributed by atoms with Gasteiger partial charge >= 0.3 is 0 Å². The van der Waals surface area contributed by atoms with Gasteiger partial charge in [-0.3, -0.25) is 9.59 Å². The number of hydrogen-bond donors (Lipinski definition) is 0. The normalized spacial score (nSPS) is 12.3. The second-order valence-electron chi connectivity index (χ2n) is 4.21. The van der Waals surface area contributed by atoms with Crippen LogP contribution in [0.1, 0.15) is 46.0 Å². The minimum Gasteiger partial charge on any atom is -0.286 e. The molecule has 0 N–H and O–H groups in total. The van der Waals surface area contributed by atoms with Crippen molar-refractivity contribution in [3.05, 3.63) is 48.6 Å². The monoisotopic (exact) mass is 260 g/mol. The van der Waals surface area contributed by atoms with Crippen molar-refractivity contribution >= 4 is 11.6 Å². The maximum atomic E-state index is 11.4. The molecule has 0 spiro atoms. The summed E-state index contributed by atoms with van der Waals surface area (Å²) in [5.41, 5.74) is 0. The third-order valence-corrected chi connectivity index (χ3v) is 2.44. The van der Waals surface area contributed by atoms with Crippen molar-refractivity contribution in [3.8, 4) is 0 Å². The van der Waals surface area contributed by atoms with E-state index in [-0.39, 0.29) is 0 Å². The number of hydrogen-bond acceptors (Lipinski definition) is 2. The number of unbranched alkanes of at least 4 members (excludes halogenated alkanes) is 3. The maximum Gasteiger partial charge on any atom is 0.225 e. The number of allylic oxidation sites excluding steroid dienone is 8. The predicted molar refractivity (Wildman–Crippen MR) is 81.0 cm³/mol. The zero-order chi connectivity index (χ0) is 14.3. The van der Waals surface area contributed by atoms with E-state index in [0.717, 1.165) is 12.8 Å². The Hall–Kier alpha value is -1.70. The van der Waals surface area contributed by atoms with Gasteiger partial charge in [-0.1, -0.05) is 63.1 Å². The van der Waals surface area contributed by atoms with Crippen LogP contribution in [0.25, 0.3) is 0 Å². The predicted octanol–water partition coefficient (Wildman–Crippen LogP) is 4.34. The van der Waals surface area contributed by atoms with E-state index in [2.05, 4.69) is 6.92 Å². The van der Waals surface area contributed by atoms with E-state index in [0.29, 0.717) is 0 Å². The Balaban J connectivity index is 3.98. The molecule has 0 aromatic rings. The highest BCUT2D eigenvalue weighted by atomic mass is 16.2. The molecule has 0 aliphatic rings. The number of carbonyl (C=O) groups is 2. The summed E-state index contributed by atoms with van der Waals surface area (Å²) in [6.07, 6.45) is 18.9. The first kappa shape index (κ1) is 17.3. The van der Waals surface area contributed by atoms with Gasteiger partial charge in [-0.15, -0.1) is 0 Å². The van der Waals surface area contributed by atoms with Crippen LogP contribution in [0.5, 0.6) is 0 Å². The molecule has 0 fully saturated rings. The average molecular weight is 260 g/mol. The molecule has 0 unspecified atom stereocenters. The summed E-state index contributed by atoms with van der Waals surface area (Å²) in [6.45, 7) is 4.17. The molecule has 0 atom stereocenters. The summed E-state index contributed by atoms with van der Waals surface area (Å²) >= 11 is 0. The fourth-order valence-corrected chi connectivity index (χ4v) is 1.35. The van der Waals surface area contributed by atoms with Crippen LogP contribution in [0, 0.1) is 0 Å². The van der Waals surface area contributed by atoms with Crippen LogP contribution in [0.3, 0.4) is 0 Å². The first-order chi connectivity index (χ1) is 9.22. The van der Waals surface area contributed by atoms with E-state index in [1.807, 2.05) is 25.2 Å². The van der Waals surface area contributed by atoms with Crippen LogP contribution in [-0.2, 0) is 9.59 Å². The Kier molecular flexibility index (Phi) is 11.6. The lowest BCUT2D eigenvalue weighted by atomic mass is 10.2. The SMILES string of the molecule is CCC=CC=CC(=O)C(=O)C=CC=CCCCCC. The lowest BCUT2D eigenvalue weighted by Crippen LogP contribution is -2.06. The molecule has 19 heavy (non-hydrogen) atoms. The maximum absolute atomic E-state index is 11.4. The number of rotatable bonds is 10.